The normalized spacial score (nSPS) is 11.2. The first-order valence-corrected chi connectivity index (χ1v) is 8.84. The Balaban J connectivity index is 1.79. The lowest BCUT2D eigenvalue weighted by Crippen LogP contribution is -2.02. The molecule has 30 heavy (non-hydrogen) atoms. The maximum absolute atomic E-state index is 13.0. The summed E-state index contributed by atoms with van der Waals surface area (Å²) in [6, 6.07) is 10.7. The van der Waals surface area contributed by atoms with Gasteiger partial charge >= 0.3 is 0 Å². The fourth-order valence-corrected chi connectivity index (χ4v) is 2.68. The van der Waals surface area contributed by atoms with Crippen LogP contribution in [0.3, 0.4) is 0 Å². The summed E-state index contributed by atoms with van der Waals surface area (Å²) >= 11 is 4.91. The smallest absolute Gasteiger partial charge is 0.299 e. The molecular formula is C18H15F2N5O4S. The van der Waals surface area contributed by atoms with Crippen LogP contribution in [-0.4, -0.2) is 33.1 Å². The molecule has 2 aromatic carbocycles. The van der Waals surface area contributed by atoms with Crippen LogP contribution in [-0.2, 0) is 6.61 Å². The fraction of sp³-hybridized carbons (Fsp3) is 0.167. The second kappa shape index (κ2) is 9.22. The van der Waals surface area contributed by atoms with Gasteiger partial charge in [0.05, 0.1) is 18.2 Å². The number of ether oxygens (including phenoxy) is 2. The Morgan fingerprint density at radius 1 is 1.33 bits per heavy atom. The van der Waals surface area contributed by atoms with Gasteiger partial charge in [0, 0.05) is 17.7 Å². The third kappa shape index (κ3) is 4.84. The molecule has 1 heterocycles. The number of rotatable bonds is 8. The van der Waals surface area contributed by atoms with E-state index in [1.54, 1.807) is 18.2 Å². The van der Waals surface area contributed by atoms with E-state index in [-0.39, 0.29) is 17.1 Å². The SMILES string of the molecule is COc1ccc(/C=N\n2c(C(F)F)n[nH]c2=S)cc1COc1ccc([N+](=O)[O-])cc1. The highest BCUT2D eigenvalue weighted by Gasteiger charge is 2.16. The zero-order valence-electron chi connectivity index (χ0n) is 15.5. The number of aromatic amines is 1. The summed E-state index contributed by atoms with van der Waals surface area (Å²) in [7, 11) is 1.50. The Morgan fingerprint density at radius 2 is 2.07 bits per heavy atom. The molecule has 0 spiro atoms. The lowest BCUT2D eigenvalue weighted by molar-refractivity contribution is -0.384. The summed E-state index contributed by atoms with van der Waals surface area (Å²) in [6.07, 6.45) is -1.48. The molecule has 0 amide bonds. The average Bonchev–Trinajstić information content (AvgIpc) is 3.11. The molecule has 0 saturated carbocycles. The quantitative estimate of drug-likeness (QED) is 0.245. The molecule has 156 valence electrons. The van der Waals surface area contributed by atoms with Gasteiger partial charge in [-0.15, -0.1) is 0 Å². The highest BCUT2D eigenvalue weighted by atomic mass is 32.1. The van der Waals surface area contributed by atoms with E-state index in [2.05, 4.69) is 15.3 Å². The van der Waals surface area contributed by atoms with Gasteiger partial charge in [-0.25, -0.2) is 13.9 Å². The highest BCUT2D eigenvalue weighted by Crippen LogP contribution is 2.23. The summed E-state index contributed by atoms with van der Waals surface area (Å²) in [5.41, 5.74) is 1.20. The number of hydrogen-bond donors (Lipinski definition) is 1. The maximum Gasteiger partial charge on any atom is 0.299 e. The molecule has 0 aliphatic rings. The molecule has 0 fully saturated rings. The number of aromatic nitrogens is 3. The van der Waals surface area contributed by atoms with Crippen LogP contribution >= 0.6 is 12.2 Å². The Kier molecular flexibility index (Phi) is 6.47. The largest absolute Gasteiger partial charge is 0.496 e. The molecule has 0 unspecified atom stereocenters. The van der Waals surface area contributed by atoms with Crippen LogP contribution in [0.5, 0.6) is 11.5 Å². The molecule has 3 aromatic rings. The molecule has 3 rings (SSSR count). The van der Waals surface area contributed by atoms with Gasteiger partial charge in [-0.2, -0.15) is 14.9 Å². The molecule has 0 bridgehead atoms. The van der Waals surface area contributed by atoms with Crippen LogP contribution in [0.1, 0.15) is 23.4 Å². The van der Waals surface area contributed by atoms with Gasteiger partial charge in [-0.05, 0) is 48.1 Å². The average molecular weight is 435 g/mol. The van der Waals surface area contributed by atoms with E-state index < -0.39 is 17.2 Å². The van der Waals surface area contributed by atoms with Gasteiger partial charge in [0.25, 0.3) is 12.1 Å². The predicted molar refractivity (Wildman–Crippen MR) is 106 cm³/mol. The summed E-state index contributed by atoms with van der Waals surface area (Å²) in [4.78, 5) is 10.2. The first kappa shape index (κ1) is 21.0. The van der Waals surface area contributed by atoms with E-state index in [1.807, 2.05) is 0 Å². The summed E-state index contributed by atoms with van der Waals surface area (Å²) in [6.45, 7) is 0.107. The summed E-state index contributed by atoms with van der Waals surface area (Å²) in [5, 5.41) is 20.4. The number of nitrogens with zero attached hydrogens (tertiary/aromatic N) is 4. The Morgan fingerprint density at radius 3 is 2.70 bits per heavy atom. The lowest BCUT2D eigenvalue weighted by Gasteiger charge is -2.11. The number of hydrogen-bond acceptors (Lipinski definition) is 7. The minimum atomic E-state index is -2.84. The summed E-state index contributed by atoms with van der Waals surface area (Å²) < 4.78 is 37.7. The number of halogens is 2. The number of nitrogens with one attached hydrogen (secondary N) is 1. The molecule has 0 radical (unpaired) electrons. The minimum Gasteiger partial charge on any atom is -0.496 e. The molecule has 0 saturated heterocycles. The number of benzene rings is 2. The van der Waals surface area contributed by atoms with Crippen LogP contribution in [0.2, 0.25) is 0 Å². The lowest BCUT2D eigenvalue weighted by atomic mass is 10.1. The van der Waals surface area contributed by atoms with E-state index in [4.69, 9.17) is 21.7 Å². The van der Waals surface area contributed by atoms with Crippen molar-refractivity contribution in [2.75, 3.05) is 7.11 Å². The van der Waals surface area contributed by atoms with Crippen molar-refractivity contribution in [2.45, 2.75) is 13.0 Å². The van der Waals surface area contributed by atoms with Crippen molar-refractivity contribution in [1.29, 1.82) is 0 Å². The molecule has 9 nitrogen and oxygen atoms in total. The number of nitro groups is 1. The van der Waals surface area contributed by atoms with Crippen LogP contribution in [0.15, 0.2) is 47.6 Å². The van der Waals surface area contributed by atoms with Crippen molar-refractivity contribution in [3.8, 4) is 11.5 Å². The molecular weight excluding hydrogens is 420 g/mol. The number of methoxy groups -OCH3 is 1. The van der Waals surface area contributed by atoms with Gasteiger partial charge < -0.3 is 9.47 Å². The van der Waals surface area contributed by atoms with Crippen LogP contribution in [0.25, 0.3) is 0 Å². The van der Waals surface area contributed by atoms with Crippen molar-refractivity contribution in [3.05, 3.63) is 74.3 Å². The number of H-pyrrole nitrogens is 1. The third-order valence-corrected chi connectivity index (χ3v) is 4.20. The van der Waals surface area contributed by atoms with Crippen molar-refractivity contribution in [3.63, 3.8) is 0 Å². The fourth-order valence-electron chi connectivity index (χ4n) is 2.50. The minimum absolute atomic E-state index is 0.0424. The van der Waals surface area contributed by atoms with E-state index in [9.17, 15) is 18.9 Å². The van der Waals surface area contributed by atoms with E-state index >= 15 is 0 Å². The second-order valence-corrected chi connectivity index (χ2v) is 6.24. The first-order valence-electron chi connectivity index (χ1n) is 8.43. The van der Waals surface area contributed by atoms with Crippen molar-refractivity contribution >= 4 is 24.1 Å². The Bertz CT molecular complexity index is 1130. The monoisotopic (exact) mass is 435 g/mol. The Hall–Kier alpha value is -3.67. The number of nitro benzene ring substituents is 1. The zero-order chi connectivity index (χ0) is 21.7. The molecule has 1 aromatic heterocycles. The van der Waals surface area contributed by atoms with Gasteiger partial charge in [0.2, 0.25) is 10.6 Å². The molecule has 0 aliphatic heterocycles. The van der Waals surface area contributed by atoms with Crippen molar-refractivity contribution in [1.82, 2.24) is 14.9 Å². The van der Waals surface area contributed by atoms with Crippen LogP contribution in [0, 0.1) is 14.9 Å². The summed E-state index contributed by atoms with van der Waals surface area (Å²) in [5.74, 6) is 0.391. The van der Waals surface area contributed by atoms with Gasteiger partial charge in [0.15, 0.2) is 0 Å². The third-order valence-electron chi connectivity index (χ3n) is 3.94. The highest BCUT2D eigenvalue weighted by molar-refractivity contribution is 7.71. The van der Waals surface area contributed by atoms with Gasteiger partial charge in [-0.3, -0.25) is 10.1 Å². The van der Waals surface area contributed by atoms with Gasteiger partial charge in [-0.1, -0.05) is 0 Å². The second-order valence-electron chi connectivity index (χ2n) is 5.85. The van der Waals surface area contributed by atoms with Gasteiger partial charge in [0.1, 0.15) is 18.1 Å². The van der Waals surface area contributed by atoms with E-state index in [1.165, 1.54) is 37.6 Å². The molecule has 0 atom stereocenters. The van der Waals surface area contributed by atoms with E-state index in [0.29, 0.717) is 22.6 Å². The maximum atomic E-state index is 13.0. The van der Waals surface area contributed by atoms with Crippen LogP contribution in [0.4, 0.5) is 14.5 Å². The van der Waals surface area contributed by atoms with Crippen molar-refractivity contribution in [2.24, 2.45) is 5.10 Å². The van der Waals surface area contributed by atoms with E-state index in [0.717, 1.165) is 4.68 Å². The zero-order valence-corrected chi connectivity index (χ0v) is 16.3. The molecule has 12 heteroatoms. The Labute approximate surface area is 173 Å². The number of alkyl halides is 2. The first-order chi connectivity index (χ1) is 14.4. The number of non-ortho nitro benzene ring substituents is 1. The standard InChI is InChI=1S/C18H15F2N5O4S/c1-28-15-7-2-11(9-21-24-17(16(19)20)22-23-18(24)30)8-12(15)10-29-14-5-3-13(4-6-14)25(26)27/h2-9,16H,10H2,1H3,(H,23,30)/b21-9-. The molecule has 1 N–H and O–H groups in total. The molecule has 0 aliphatic carbocycles. The topological polar surface area (TPSA) is 108 Å². The predicted octanol–water partition coefficient (Wildman–Crippen LogP) is 4.26. The van der Waals surface area contributed by atoms with Crippen molar-refractivity contribution < 1.29 is 23.2 Å². The van der Waals surface area contributed by atoms with Crippen LogP contribution < -0.4 is 9.47 Å².